The van der Waals surface area contributed by atoms with Gasteiger partial charge in [-0.2, -0.15) is 0 Å². The molecule has 0 heterocycles. The van der Waals surface area contributed by atoms with E-state index in [1.54, 1.807) is 0 Å². The molecule has 110 valence electrons. The van der Waals surface area contributed by atoms with Gasteiger partial charge in [-0.15, -0.1) is 0 Å². The maximum Gasteiger partial charge on any atom is 0.0142 e. The Balaban J connectivity index is 2.06. The number of hydrogen-bond acceptors (Lipinski definition) is 1. The van der Waals surface area contributed by atoms with Gasteiger partial charge in [0.25, 0.3) is 0 Å². The van der Waals surface area contributed by atoms with E-state index in [9.17, 15) is 0 Å². The number of benzene rings is 1. The summed E-state index contributed by atoms with van der Waals surface area (Å²) in [5.74, 6) is 1.45. The minimum atomic E-state index is 0.707. The lowest BCUT2D eigenvalue weighted by Crippen LogP contribution is -2.16. The van der Waals surface area contributed by atoms with Gasteiger partial charge in [0.1, 0.15) is 0 Å². The number of nitrogens with two attached hydrogens (primary N) is 1. The molecule has 0 spiro atoms. The fraction of sp³-hybridized carbons (Fsp3) is 0.579. The summed E-state index contributed by atoms with van der Waals surface area (Å²) in [4.78, 5) is 0. The third-order valence-electron chi connectivity index (χ3n) is 4.34. The Kier molecular flexibility index (Phi) is 5.85. The lowest BCUT2D eigenvalue weighted by atomic mass is 9.83. The Morgan fingerprint density at radius 2 is 1.80 bits per heavy atom. The summed E-state index contributed by atoms with van der Waals surface area (Å²) in [6.07, 6.45) is 10.3. The van der Waals surface area contributed by atoms with Gasteiger partial charge in [0.2, 0.25) is 0 Å². The Labute approximate surface area is 124 Å². The highest BCUT2D eigenvalue weighted by Crippen LogP contribution is 2.30. The Bertz CT molecular complexity index is 422. The Morgan fingerprint density at radius 3 is 2.35 bits per heavy atom. The monoisotopic (exact) mass is 271 g/mol. The van der Waals surface area contributed by atoms with E-state index in [1.807, 2.05) is 0 Å². The zero-order chi connectivity index (χ0) is 14.4. The van der Waals surface area contributed by atoms with Crippen molar-refractivity contribution < 1.29 is 0 Å². The van der Waals surface area contributed by atoms with Gasteiger partial charge in [-0.25, -0.2) is 0 Å². The molecular formula is C19H29N. The maximum atomic E-state index is 5.98. The molecule has 0 radical (unpaired) electrons. The van der Waals surface area contributed by atoms with E-state index in [1.165, 1.54) is 48.8 Å². The summed E-state index contributed by atoms with van der Waals surface area (Å²) in [7, 11) is 0. The van der Waals surface area contributed by atoms with Crippen LogP contribution in [0.25, 0.3) is 6.08 Å². The average molecular weight is 271 g/mol. The van der Waals surface area contributed by atoms with Crippen molar-refractivity contribution in [2.24, 2.45) is 17.6 Å². The first-order chi connectivity index (χ1) is 9.69. The van der Waals surface area contributed by atoms with Crippen LogP contribution in [0.15, 0.2) is 29.8 Å². The first-order valence-electron chi connectivity index (χ1n) is 8.18. The van der Waals surface area contributed by atoms with Crippen LogP contribution in [0, 0.1) is 11.8 Å². The van der Waals surface area contributed by atoms with Gasteiger partial charge in [-0.3, -0.25) is 0 Å². The molecule has 0 atom stereocenters. The van der Waals surface area contributed by atoms with Crippen LogP contribution < -0.4 is 5.73 Å². The summed E-state index contributed by atoms with van der Waals surface area (Å²) in [5.41, 5.74) is 10.2. The molecule has 2 N–H and O–H groups in total. The first-order valence-corrected chi connectivity index (χ1v) is 8.18. The zero-order valence-electron chi connectivity index (χ0n) is 13.1. The molecular weight excluding hydrogens is 242 g/mol. The van der Waals surface area contributed by atoms with E-state index in [-0.39, 0.29) is 0 Å². The lowest BCUT2D eigenvalue weighted by Gasteiger charge is -2.24. The molecule has 0 amide bonds. The summed E-state index contributed by atoms with van der Waals surface area (Å²) in [5, 5.41) is 0. The van der Waals surface area contributed by atoms with Crippen LogP contribution in [0.5, 0.6) is 0 Å². The lowest BCUT2D eigenvalue weighted by molar-refractivity contribution is 0.401. The van der Waals surface area contributed by atoms with Crippen molar-refractivity contribution in [3.8, 4) is 0 Å². The quantitative estimate of drug-likeness (QED) is 0.817. The average Bonchev–Trinajstić information content (AvgIpc) is 2.47. The fourth-order valence-corrected chi connectivity index (χ4v) is 3.25. The summed E-state index contributed by atoms with van der Waals surface area (Å²) in [6, 6.07) is 9.02. The van der Waals surface area contributed by atoms with Gasteiger partial charge in [-0.05, 0) is 42.2 Å². The molecule has 0 aromatic heterocycles. The molecule has 0 unspecified atom stereocenters. The second-order valence-electron chi connectivity index (χ2n) is 6.60. The van der Waals surface area contributed by atoms with Crippen LogP contribution in [0.1, 0.15) is 57.1 Å². The SMILES string of the molecule is CC(C)Cc1ccc(/C=C(/CN)C2CCCCC2)cc1. The van der Waals surface area contributed by atoms with Crippen LogP contribution in [-0.4, -0.2) is 6.54 Å². The van der Waals surface area contributed by atoms with Gasteiger partial charge in [0.05, 0.1) is 0 Å². The smallest absolute Gasteiger partial charge is 0.0142 e. The highest BCUT2D eigenvalue weighted by molar-refractivity contribution is 5.54. The van der Waals surface area contributed by atoms with Crippen LogP contribution >= 0.6 is 0 Å². The number of hydrogen-bond donors (Lipinski definition) is 1. The van der Waals surface area contributed by atoms with Crippen molar-refractivity contribution in [1.82, 2.24) is 0 Å². The summed E-state index contributed by atoms with van der Waals surface area (Å²) in [6.45, 7) is 5.24. The summed E-state index contributed by atoms with van der Waals surface area (Å²) >= 11 is 0. The van der Waals surface area contributed by atoms with Crippen LogP contribution in [0.2, 0.25) is 0 Å². The normalized spacial score (nSPS) is 17.7. The van der Waals surface area contributed by atoms with Crippen molar-refractivity contribution in [2.75, 3.05) is 6.54 Å². The Morgan fingerprint density at radius 1 is 1.15 bits per heavy atom. The molecule has 20 heavy (non-hydrogen) atoms. The third-order valence-corrected chi connectivity index (χ3v) is 4.34. The van der Waals surface area contributed by atoms with Crippen molar-refractivity contribution in [3.05, 3.63) is 41.0 Å². The van der Waals surface area contributed by atoms with Crippen molar-refractivity contribution >= 4 is 6.08 Å². The van der Waals surface area contributed by atoms with Gasteiger partial charge in [-0.1, -0.05) is 69.0 Å². The van der Waals surface area contributed by atoms with Crippen molar-refractivity contribution in [2.45, 2.75) is 52.4 Å². The van der Waals surface area contributed by atoms with Crippen LogP contribution in [0.4, 0.5) is 0 Å². The Hall–Kier alpha value is -1.08. The molecule has 1 aliphatic carbocycles. The molecule has 0 bridgehead atoms. The van der Waals surface area contributed by atoms with E-state index in [0.717, 1.165) is 18.3 Å². The van der Waals surface area contributed by atoms with E-state index in [2.05, 4.69) is 44.2 Å². The highest BCUT2D eigenvalue weighted by Gasteiger charge is 2.16. The molecule has 1 saturated carbocycles. The first kappa shape index (κ1) is 15.3. The van der Waals surface area contributed by atoms with Crippen LogP contribution in [-0.2, 0) is 6.42 Å². The molecule has 1 aromatic rings. The molecule has 1 aliphatic rings. The topological polar surface area (TPSA) is 26.0 Å². The van der Waals surface area contributed by atoms with Gasteiger partial charge < -0.3 is 5.73 Å². The molecule has 2 rings (SSSR count). The van der Waals surface area contributed by atoms with Crippen molar-refractivity contribution in [3.63, 3.8) is 0 Å². The minimum absolute atomic E-state index is 0.707. The highest BCUT2D eigenvalue weighted by atomic mass is 14.5. The second kappa shape index (κ2) is 7.64. The van der Waals surface area contributed by atoms with Gasteiger partial charge in [0.15, 0.2) is 0 Å². The van der Waals surface area contributed by atoms with Crippen molar-refractivity contribution in [1.29, 1.82) is 0 Å². The van der Waals surface area contributed by atoms with E-state index < -0.39 is 0 Å². The van der Waals surface area contributed by atoms with Gasteiger partial charge in [0, 0.05) is 6.54 Å². The van der Waals surface area contributed by atoms with E-state index >= 15 is 0 Å². The maximum absolute atomic E-state index is 5.98. The third kappa shape index (κ3) is 4.49. The number of rotatable bonds is 5. The predicted molar refractivity (Wildman–Crippen MR) is 88.6 cm³/mol. The van der Waals surface area contributed by atoms with Crippen LogP contribution in [0.3, 0.4) is 0 Å². The molecule has 0 aliphatic heterocycles. The molecule has 1 fully saturated rings. The van der Waals surface area contributed by atoms with Gasteiger partial charge >= 0.3 is 0 Å². The second-order valence-corrected chi connectivity index (χ2v) is 6.60. The minimum Gasteiger partial charge on any atom is -0.327 e. The fourth-order valence-electron chi connectivity index (χ4n) is 3.25. The summed E-state index contributed by atoms with van der Waals surface area (Å²) < 4.78 is 0. The standard InChI is InChI=1S/C19H29N/c1-15(2)12-16-8-10-17(11-9-16)13-19(14-20)18-6-4-3-5-7-18/h8-11,13,15,18H,3-7,12,14,20H2,1-2H3/b19-13-. The molecule has 1 heteroatoms. The van der Waals surface area contributed by atoms with E-state index in [4.69, 9.17) is 5.73 Å². The molecule has 0 saturated heterocycles. The largest absolute Gasteiger partial charge is 0.327 e. The zero-order valence-corrected chi connectivity index (χ0v) is 13.1. The molecule has 1 aromatic carbocycles. The van der Waals surface area contributed by atoms with E-state index in [0.29, 0.717) is 6.54 Å². The predicted octanol–water partition coefficient (Wildman–Crippen LogP) is 4.81. The molecule has 1 nitrogen and oxygen atoms in total.